The lowest BCUT2D eigenvalue weighted by atomic mass is 10.1. The number of terminal acetylenes is 1. The summed E-state index contributed by atoms with van der Waals surface area (Å²) < 4.78 is 46.5. The van der Waals surface area contributed by atoms with Crippen LogP contribution in [-0.2, 0) is 22.4 Å². The van der Waals surface area contributed by atoms with E-state index in [9.17, 15) is 13.6 Å². The van der Waals surface area contributed by atoms with E-state index < -0.39 is 18.1 Å². The van der Waals surface area contributed by atoms with Gasteiger partial charge in [0.1, 0.15) is 24.6 Å². The van der Waals surface area contributed by atoms with Crippen molar-refractivity contribution >= 4 is 11.6 Å². The summed E-state index contributed by atoms with van der Waals surface area (Å²) in [6, 6.07) is 4.90. The number of aromatic nitrogens is 5. The number of carbonyl (C=O) groups is 1. The van der Waals surface area contributed by atoms with Gasteiger partial charge in [0, 0.05) is 24.2 Å². The summed E-state index contributed by atoms with van der Waals surface area (Å²) in [7, 11) is 0. The molecule has 0 saturated carbocycles. The molecule has 0 bridgehead atoms. The molecule has 4 rings (SSSR count). The zero-order valence-corrected chi connectivity index (χ0v) is 20.5. The average Bonchev–Trinajstić information content (AvgIpc) is 3.53. The van der Waals surface area contributed by atoms with Gasteiger partial charge in [0.2, 0.25) is 5.65 Å². The number of hydrogen-bond donors (Lipinski definition) is 1. The molecule has 0 saturated heterocycles. The average molecular weight is 526 g/mol. The molecule has 0 spiro atoms. The highest BCUT2D eigenvalue weighted by Gasteiger charge is 2.23. The lowest BCUT2D eigenvalue weighted by molar-refractivity contribution is 0.0257. The number of ether oxygens (including phenoxy) is 3. The lowest BCUT2D eigenvalue weighted by Gasteiger charge is -2.12. The summed E-state index contributed by atoms with van der Waals surface area (Å²) in [5.41, 5.74) is 1.55. The van der Waals surface area contributed by atoms with Gasteiger partial charge in [-0.1, -0.05) is 12.8 Å². The summed E-state index contributed by atoms with van der Waals surface area (Å²) in [6.07, 6.45) is 8.97. The van der Waals surface area contributed by atoms with Crippen molar-refractivity contribution in [3.05, 3.63) is 59.8 Å². The van der Waals surface area contributed by atoms with E-state index in [1.165, 1.54) is 23.3 Å². The van der Waals surface area contributed by atoms with Crippen LogP contribution in [0, 0.1) is 12.3 Å². The van der Waals surface area contributed by atoms with Gasteiger partial charge in [-0.25, -0.2) is 23.5 Å². The predicted octanol–water partition coefficient (Wildman–Crippen LogP) is 3.68. The first kappa shape index (κ1) is 26.7. The Morgan fingerprint density at radius 2 is 2.08 bits per heavy atom. The number of halogens is 2. The van der Waals surface area contributed by atoms with Crippen LogP contribution in [0.5, 0.6) is 11.6 Å². The Morgan fingerprint density at radius 3 is 2.82 bits per heavy atom. The SMILES string of the molecule is C#CCn1cc(-c2cnc3c(Oc4ccc(C(=O)OCCOCCO)c(CC)c4)nccn23)c(C(F)F)n1. The molecule has 0 aliphatic rings. The minimum absolute atomic E-state index is 0.0488. The second-order valence-electron chi connectivity index (χ2n) is 7.95. The maximum Gasteiger partial charge on any atom is 0.338 e. The van der Waals surface area contributed by atoms with Gasteiger partial charge in [-0.15, -0.1) is 6.42 Å². The molecule has 0 aliphatic heterocycles. The van der Waals surface area contributed by atoms with Crippen molar-refractivity contribution < 1.29 is 32.9 Å². The van der Waals surface area contributed by atoms with E-state index in [0.29, 0.717) is 34.6 Å². The van der Waals surface area contributed by atoms with Crippen LogP contribution in [0.25, 0.3) is 16.9 Å². The Bertz CT molecular complexity index is 1460. The molecule has 4 aromatic rings. The van der Waals surface area contributed by atoms with Crippen molar-refractivity contribution in [2.24, 2.45) is 0 Å². The third-order valence-corrected chi connectivity index (χ3v) is 5.51. The van der Waals surface area contributed by atoms with Crippen LogP contribution in [0.4, 0.5) is 8.78 Å². The molecule has 0 atom stereocenters. The Kier molecular flexibility index (Phi) is 8.62. The van der Waals surface area contributed by atoms with E-state index in [0.717, 1.165) is 0 Å². The Labute approximate surface area is 216 Å². The standard InChI is InChI=1S/C26H25F2N5O5/c1-3-8-32-16-20(22(31-32)23(27)28)21-15-30-24-25(29-7-9-33(21)24)38-18-5-6-19(17(4-2)14-18)26(35)37-13-12-36-11-10-34/h1,5-7,9,14-16,23,34H,4,8,10-13H2,2H3. The molecular formula is C26H25F2N5O5. The van der Waals surface area contributed by atoms with Crippen molar-refractivity contribution in [1.82, 2.24) is 24.1 Å². The van der Waals surface area contributed by atoms with Crippen LogP contribution in [0.15, 0.2) is 43.0 Å². The third-order valence-electron chi connectivity index (χ3n) is 5.51. The highest BCUT2D eigenvalue weighted by molar-refractivity contribution is 5.91. The van der Waals surface area contributed by atoms with Crippen LogP contribution < -0.4 is 4.74 Å². The van der Waals surface area contributed by atoms with E-state index in [1.54, 1.807) is 28.8 Å². The summed E-state index contributed by atoms with van der Waals surface area (Å²) in [5.74, 6) is 2.43. The summed E-state index contributed by atoms with van der Waals surface area (Å²) >= 11 is 0. The van der Waals surface area contributed by atoms with Crippen molar-refractivity contribution in [3.63, 3.8) is 0 Å². The predicted molar refractivity (Wildman–Crippen MR) is 132 cm³/mol. The molecular weight excluding hydrogens is 500 g/mol. The van der Waals surface area contributed by atoms with E-state index >= 15 is 0 Å². The molecule has 0 radical (unpaired) electrons. The number of benzene rings is 1. The molecule has 0 unspecified atom stereocenters. The summed E-state index contributed by atoms with van der Waals surface area (Å²) in [5, 5.41) is 12.6. The number of aryl methyl sites for hydroxylation is 1. The molecule has 38 heavy (non-hydrogen) atoms. The third kappa shape index (κ3) is 5.80. The van der Waals surface area contributed by atoms with Crippen LogP contribution in [0.1, 0.15) is 35.0 Å². The van der Waals surface area contributed by atoms with Gasteiger partial charge in [-0.05, 0) is 30.2 Å². The number of nitrogens with zero attached hydrogens (tertiary/aromatic N) is 5. The molecule has 0 aliphatic carbocycles. The van der Waals surface area contributed by atoms with Crippen LogP contribution in [0.2, 0.25) is 0 Å². The largest absolute Gasteiger partial charge is 0.460 e. The van der Waals surface area contributed by atoms with Crippen LogP contribution in [-0.4, -0.2) is 61.7 Å². The van der Waals surface area contributed by atoms with Gasteiger partial charge < -0.3 is 19.3 Å². The Morgan fingerprint density at radius 1 is 1.24 bits per heavy atom. The fraction of sp³-hybridized carbons (Fsp3) is 0.308. The van der Waals surface area contributed by atoms with E-state index in [-0.39, 0.29) is 44.4 Å². The molecule has 3 aromatic heterocycles. The first-order valence-electron chi connectivity index (χ1n) is 11.7. The first-order valence-corrected chi connectivity index (χ1v) is 11.7. The number of imidazole rings is 1. The second kappa shape index (κ2) is 12.3. The van der Waals surface area contributed by atoms with Gasteiger partial charge in [-0.3, -0.25) is 9.08 Å². The monoisotopic (exact) mass is 525 g/mol. The molecule has 0 fully saturated rings. The first-order chi connectivity index (χ1) is 18.5. The van der Waals surface area contributed by atoms with Crippen LogP contribution in [0.3, 0.4) is 0 Å². The lowest BCUT2D eigenvalue weighted by Crippen LogP contribution is -2.13. The van der Waals surface area contributed by atoms with E-state index in [4.69, 9.17) is 25.7 Å². The Balaban J connectivity index is 1.58. The maximum absolute atomic E-state index is 13.7. The van der Waals surface area contributed by atoms with E-state index in [1.807, 2.05) is 6.92 Å². The Hall–Kier alpha value is -4.34. The molecule has 10 nitrogen and oxygen atoms in total. The normalized spacial score (nSPS) is 11.2. The molecule has 1 N–H and O–H groups in total. The zero-order chi connectivity index (χ0) is 27.1. The number of alkyl halides is 2. The summed E-state index contributed by atoms with van der Waals surface area (Å²) in [4.78, 5) is 21.1. The smallest absolute Gasteiger partial charge is 0.338 e. The highest BCUT2D eigenvalue weighted by Crippen LogP contribution is 2.33. The number of fused-ring (bicyclic) bond motifs is 1. The topological polar surface area (TPSA) is 113 Å². The number of rotatable bonds is 12. The molecule has 12 heteroatoms. The van der Waals surface area contributed by atoms with E-state index in [2.05, 4.69) is 21.0 Å². The van der Waals surface area contributed by atoms with Crippen molar-refractivity contribution in [2.45, 2.75) is 26.3 Å². The minimum atomic E-state index is -2.81. The number of hydrogen-bond acceptors (Lipinski definition) is 8. The molecule has 1 aromatic carbocycles. The number of aliphatic hydroxyl groups excluding tert-OH is 1. The zero-order valence-electron chi connectivity index (χ0n) is 20.5. The fourth-order valence-electron chi connectivity index (χ4n) is 3.81. The minimum Gasteiger partial charge on any atom is -0.460 e. The van der Waals surface area contributed by atoms with Gasteiger partial charge >= 0.3 is 5.97 Å². The maximum atomic E-state index is 13.7. The van der Waals surface area contributed by atoms with Crippen molar-refractivity contribution in [2.75, 3.05) is 26.4 Å². The van der Waals surface area contributed by atoms with Crippen molar-refractivity contribution in [1.29, 1.82) is 0 Å². The van der Waals surface area contributed by atoms with Gasteiger partial charge in [0.25, 0.3) is 12.3 Å². The number of aliphatic hydroxyl groups is 1. The number of carbonyl (C=O) groups excluding carboxylic acids is 1. The molecule has 198 valence electrons. The van der Waals surface area contributed by atoms with Crippen LogP contribution >= 0.6 is 0 Å². The van der Waals surface area contributed by atoms with Gasteiger partial charge in [-0.2, -0.15) is 5.10 Å². The molecule has 0 amide bonds. The van der Waals surface area contributed by atoms with Crippen molar-refractivity contribution in [3.8, 4) is 35.2 Å². The fourth-order valence-corrected chi connectivity index (χ4v) is 3.81. The number of esters is 1. The highest BCUT2D eigenvalue weighted by atomic mass is 19.3. The quantitative estimate of drug-likeness (QED) is 0.169. The van der Waals surface area contributed by atoms with Gasteiger partial charge in [0.15, 0.2) is 0 Å². The molecule has 3 heterocycles. The van der Waals surface area contributed by atoms with Gasteiger partial charge in [0.05, 0.1) is 37.3 Å². The second-order valence-corrected chi connectivity index (χ2v) is 7.95. The summed E-state index contributed by atoms with van der Waals surface area (Å²) in [6.45, 7) is 2.25.